The Labute approximate surface area is 130 Å². The van der Waals surface area contributed by atoms with Gasteiger partial charge in [-0.25, -0.2) is 4.79 Å². The second kappa shape index (κ2) is 7.97. The zero-order valence-corrected chi connectivity index (χ0v) is 12.9. The molecule has 3 N–H and O–H groups in total. The minimum atomic E-state index is -0.218. The van der Waals surface area contributed by atoms with Crippen LogP contribution in [0.1, 0.15) is 18.2 Å². The fourth-order valence-corrected chi connectivity index (χ4v) is 1.90. The first kappa shape index (κ1) is 15.8. The van der Waals surface area contributed by atoms with Crippen LogP contribution in [0.2, 0.25) is 0 Å². The third kappa shape index (κ3) is 5.05. The predicted octanol–water partition coefficient (Wildman–Crippen LogP) is 2.58. The van der Waals surface area contributed by atoms with Gasteiger partial charge in [0.1, 0.15) is 5.82 Å². The van der Waals surface area contributed by atoms with Gasteiger partial charge in [0.2, 0.25) is 0 Å². The molecular formula is C16H21N5O. The summed E-state index contributed by atoms with van der Waals surface area (Å²) in [6.07, 6.45) is 0.943. The maximum absolute atomic E-state index is 11.8. The van der Waals surface area contributed by atoms with E-state index >= 15 is 0 Å². The van der Waals surface area contributed by atoms with Gasteiger partial charge >= 0.3 is 6.03 Å². The van der Waals surface area contributed by atoms with Crippen LogP contribution in [-0.4, -0.2) is 29.3 Å². The molecule has 0 bridgehead atoms. The molecular weight excluding hydrogens is 278 g/mol. The molecule has 0 saturated carbocycles. The van der Waals surface area contributed by atoms with Gasteiger partial charge in [-0.2, -0.15) is 5.10 Å². The number of nitrogens with one attached hydrogen (secondary N) is 3. The molecule has 116 valence electrons. The van der Waals surface area contributed by atoms with E-state index in [0.717, 1.165) is 17.8 Å². The fraction of sp³-hybridized carbons (Fsp3) is 0.312. The van der Waals surface area contributed by atoms with Crippen LogP contribution >= 0.6 is 0 Å². The third-order valence-electron chi connectivity index (χ3n) is 3.11. The Kier molecular flexibility index (Phi) is 5.71. The van der Waals surface area contributed by atoms with E-state index < -0.39 is 0 Å². The van der Waals surface area contributed by atoms with E-state index in [9.17, 15) is 4.79 Å². The molecule has 1 aromatic heterocycles. The molecule has 6 heteroatoms. The van der Waals surface area contributed by atoms with E-state index in [1.165, 1.54) is 5.56 Å². The van der Waals surface area contributed by atoms with Gasteiger partial charge in [0.15, 0.2) is 0 Å². The summed E-state index contributed by atoms with van der Waals surface area (Å²) in [5.41, 5.74) is 2.86. The summed E-state index contributed by atoms with van der Waals surface area (Å²) in [6, 6.07) is 11.3. The molecule has 0 aliphatic heterocycles. The summed E-state index contributed by atoms with van der Waals surface area (Å²) in [5.74, 6) is 0.698. The van der Waals surface area contributed by atoms with Crippen molar-refractivity contribution in [2.24, 2.45) is 0 Å². The lowest BCUT2D eigenvalue weighted by Crippen LogP contribution is -2.32. The van der Waals surface area contributed by atoms with Crippen LogP contribution in [0.4, 0.5) is 16.3 Å². The summed E-state index contributed by atoms with van der Waals surface area (Å²) in [7, 11) is 0. The number of carbonyl (C=O) groups excluding carboxylic acids is 1. The van der Waals surface area contributed by atoms with Crippen molar-refractivity contribution in [3.05, 3.63) is 47.7 Å². The lowest BCUT2D eigenvalue weighted by molar-refractivity contribution is 0.252. The van der Waals surface area contributed by atoms with E-state index in [-0.39, 0.29) is 6.03 Å². The molecule has 22 heavy (non-hydrogen) atoms. The van der Waals surface area contributed by atoms with E-state index in [1.807, 2.05) is 43.3 Å². The fourth-order valence-electron chi connectivity index (χ4n) is 1.90. The van der Waals surface area contributed by atoms with Crippen LogP contribution in [0, 0.1) is 6.92 Å². The van der Waals surface area contributed by atoms with Gasteiger partial charge < -0.3 is 16.0 Å². The van der Waals surface area contributed by atoms with Crippen LogP contribution in [0.25, 0.3) is 0 Å². The number of aryl methyl sites for hydroxylation is 2. The second-order valence-corrected chi connectivity index (χ2v) is 4.92. The highest BCUT2D eigenvalue weighted by Gasteiger charge is 2.01. The molecule has 0 saturated heterocycles. The van der Waals surface area contributed by atoms with Gasteiger partial charge in [-0.3, -0.25) is 0 Å². The highest BCUT2D eigenvalue weighted by molar-refractivity contribution is 5.89. The second-order valence-electron chi connectivity index (χ2n) is 4.92. The minimum absolute atomic E-state index is 0.218. The molecule has 0 fully saturated rings. The van der Waals surface area contributed by atoms with Gasteiger partial charge in [0, 0.05) is 18.8 Å². The van der Waals surface area contributed by atoms with Crippen molar-refractivity contribution in [1.82, 2.24) is 15.5 Å². The van der Waals surface area contributed by atoms with Crippen molar-refractivity contribution in [1.29, 1.82) is 0 Å². The molecule has 6 nitrogen and oxygen atoms in total. The van der Waals surface area contributed by atoms with Crippen LogP contribution < -0.4 is 16.0 Å². The first-order chi connectivity index (χ1) is 10.7. The van der Waals surface area contributed by atoms with E-state index in [1.54, 1.807) is 0 Å². The monoisotopic (exact) mass is 299 g/mol. The van der Waals surface area contributed by atoms with Crippen LogP contribution in [0.15, 0.2) is 36.4 Å². The van der Waals surface area contributed by atoms with Gasteiger partial charge in [-0.1, -0.05) is 19.1 Å². The Morgan fingerprint density at radius 3 is 2.73 bits per heavy atom. The molecule has 0 unspecified atom stereocenters. The number of rotatable bonds is 6. The average molecular weight is 299 g/mol. The SMILES string of the molecule is CCc1cccc(NC(=O)NCCNc2ccc(C)nn2)c1. The summed E-state index contributed by atoms with van der Waals surface area (Å²) in [4.78, 5) is 11.8. The van der Waals surface area contributed by atoms with Crippen LogP contribution in [-0.2, 0) is 6.42 Å². The summed E-state index contributed by atoms with van der Waals surface area (Å²) in [6.45, 7) is 5.05. The topological polar surface area (TPSA) is 78.9 Å². The first-order valence-electron chi connectivity index (χ1n) is 7.35. The predicted molar refractivity (Wildman–Crippen MR) is 88.1 cm³/mol. The van der Waals surface area contributed by atoms with Crippen molar-refractivity contribution in [2.45, 2.75) is 20.3 Å². The zero-order valence-electron chi connectivity index (χ0n) is 12.9. The van der Waals surface area contributed by atoms with Crippen molar-refractivity contribution in [3.8, 4) is 0 Å². The molecule has 1 aromatic carbocycles. The lowest BCUT2D eigenvalue weighted by Gasteiger charge is -2.09. The molecule has 0 atom stereocenters. The first-order valence-corrected chi connectivity index (χ1v) is 7.35. The standard InChI is InChI=1S/C16H21N5O/c1-3-13-5-4-6-14(11-13)19-16(22)18-10-9-17-15-8-7-12(2)20-21-15/h4-8,11H,3,9-10H2,1-2H3,(H,17,21)(H2,18,19,22). The van der Waals surface area contributed by atoms with Crippen molar-refractivity contribution in [3.63, 3.8) is 0 Å². The smallest absolute Gasteiger partial charge is 0.319 e. The third-order valence-corrected chi connectivity index (χ3v) is 3.11. The number of benzene rings is 1. The number of urea groups is 1. The molecule has 0 radical (unpaired) electrons. The average Bonchev–Trinajstić information content (AvgIpc) is 2.53. The number of nitrogens with zero attached hydrogens (tertiary/aromatic N) is 2. The number of hydrogen-bond acceptors (Lipinski definition) is 4. The number of carbonyl (C=O) groups is 1. The quantitative estimate of drug-likeness (QED) is 0.716. The zero-order chi connectivity index (χ0) is 15.8. The highest BCUT2D eigenvalue weighted by Crippen LogP contribution is 2.10. The minimum Gasteiger partial charge on any atom is -0.367 e. The number of hydrogen-bond donors (Lipinski definition) is 3. The van der Waals surface area contributed by atoms with Gasteiger partial charge in [-0.05, 0) is 43.2 Å². The largest absolute Gasteiger partial charge is 0.367 e. The summed E-state index contributed by atoms with van der Waals surface area (Å²) < 4.78 is 0. The number of aromatic nitrogens is 2. The summed E-state index contributed by atoms with van der Waals surface area (Å²) in [5, 5.41) is 16.6. The van der Waals surface area contributed by atoms with Crippen molar-refractivity contribution >= 4 is 17.5 Å². The molecule has 2 aromatic rings. The maximum atomic E-state index is 11.8. The number of amides is 2. The summed E-state index contributed by atoms with van der Waals surface area (Å²) >= 11 is 0. The Hall–Kier alpha value is -2.63. The van der Waals surface area contributed by atoms with Crippen LogP contribution in [0.3, 0.4) is 0 Å². The molecule has 2 rings (SSSR count). The van der Waals surface area contributed by atoms with Gasteiger partial charge in [-0.15, -0.1) is 5.10 Å². The van der Waals surface area contributed by atoms with E-state index in [2.05, 4.69) is 33.1 Å². The van der Waals surface area contributed by atoms with Gasteiger partial charge in [0.05, 0.1) is 5.69 Å². The Morgan fingerprint density at radius 1 is 1.14 bits per heavy atom. The van der Waals surface area contributed by atoms with E-state index in [0.29, 0.717) is 18.9 Å². The molecule has 1 heterocycles. The molecule has 0 spiro atoms. The lowest BCUT2D eigenvalue weighted by atomic mass is 10.1. The molecule has 2 amide bonds. The Balaban J connectivity index is 1.70. The molecule has 0 aliphatic carbocycles. The van der Waals surface area contributed by atoms with Gasteiger partial charge in [0.25, 0.3) is 0 Å². The normalized spacial score (nSPS) is 10.1. The number of anilines is 2. The Morgan fingerprint density at radius 2 is 2.00 bits per heavy atom. The maximum Gasteiger partial charge on any atom is 0.319 e. The van der Waals surface area contributed by atoms with Crippen molar-refractivity contribution < 1.29 is 4.79 Å². The van der Waals surface area contributed by atoms with Crippen molar-refractivity contribution in [2.75, 3.05) is 23.7 Å². The Bertz CT molecular complexity index is 612. The van der Waals surface area contributed by atoms with E-state index in [4.69, 9.17) is 0 Å². The molecule has 0 aliphatic rings. The van der Waals surface area contributed by atoms with Crippen LogP contribution in [0.5, 0.6) is 0 Å². The highest BCUT2D eigenvalue weighted by atomic mass is 16.2.